The van der Waals surface area contributed by atoms with E-state index < -0.39 is 25.3 Å². The van der Waals surface area contributed by atoms with Crippen molar-refractivity contribution in [1.29, 1.82) is 0 Å². The molecule has 70 valence electrons. The van der Waals surface area contributed by atoms with Crippen molar-refractivity contribution in [2.45, 2.75) is 18.1 Å². The molecule has 4 N–H and O–H groups in total. The molecule has 12 heavy (non-hydrogen) atoms. The summed E-state index contributed by atoms with van der Waals surface area (Å²) in [5.74, 6) is -1.06. The average molecular weight is 195 g/mol. The third kappa shape index (κ3) is 2.04. The summed E-state index contributed by atoms with van der Waals surface area (Å²) in [6.45, 7) is 0.0707. The molecule has 7 heteroatoms. The van der Waals surface area contributed by atoms with Gasteiger partial charge in [0.1, 0.15) is 6.04 Å². The van der Waals surface area contributed by atoms with E-state index in [1.54, 1.807) is 0 Å². The Balaban J connectivity index is 2.57. The molecule has 0 unspecified atom stereocenters. The largest absolute Gasteiger partial charge is 0.480 e. The van der Waals surface area contributed by atoms with Crippen LogP contribution in [0.4, 0.5) is 0 Å². The lowest BCUT2D eigenvalue weighted by atomic mass is 10.2. The summed E-state index contributed by atoms with van der Waals surface area (Å²) in [4.78, 5) is 27.7. The summed E-state index contributed by atoms with van der Waals surface area (Å²) in [7, 11) is -4.12. The standard InChI is InChI=1S/C5H10NO5P/c7-5(8)4-1-3(2-6-4)12(9,10)11/h3-4,6H,1-2H2,(H,7,8)(H2,9,10,11)/t3-,4+/m0/s1. The van der Waals surface area contributed by atoms with Crippen LogP contribution in [0.25, 0.3) is 0 Å². The second kappa shape index (κ2) is 3.14. The van der Waals surface area contributed by atoms with Gasteiger partial charge >= 0.3 is 13.6 Å². The van der Waals surface area contributed by atoms with Crippen LogP contribution in [0.2, 0.25) is 0 Å². The molecule has 1 heterocycles. The highest BCUT2D eigenvalue weighted by Gasteiger charge is 2.38. The van der Waals surface area contributed by atoms with Crippen LogP contribution in [-0.2, 0) is 9.36 Å². The second-order valence-corrected chi connectivity index (χ2v) is 4.69. The zero-order valence-corrected chi connectivity index (χ0v) is 7.07. The van der Waals surface area contributed by atoms with Crippen LogP contribution in [0.15, 0.2) is 0 Å². The van der Waals surface area contributed by atoms with E-state index in [0.29, 0.717) is 0 Å². The molecule has 0 spiro atoms. The van der Waals surface area contributed by atoms with Crippen LogP contribution < -0.4 is 5.32 Å². The lowest BCUT2D eigenvalue weighted by Gasteiger charge is -2.09. The molecule has 0 aliphatic carbocycles. The predicted octanol–water partition coefficient (Wildman–Crippen LogP) is -1.02. The third-order valence-electron chi connectivity index (χ3n) is 1.88. The van der Waals surface area contributed by atoms with Gasteiger partial charge < -0.3 is 20.2 Å². The van der Waals surface area contributed by atoms with E-state index in [9.17, 15) is 9.36 Å². The zero-order chi connectivity index (χ0) is 9.35. The van der Waals surface area contributed by atoms with Gasteiger partial charge in [0.25, 0.3) is 0 Å². The molecule has 0 amide bonds. The van der Waals surface area contributed by atoms with Crippen LogP contribution in [0.1, 0.15) is 6.42 Å². The number of carbonyl (C=O) groups is 1. The molecule has 0 aromatic heterocycles. The van der Waals surface area contributed by atoms with E-state index >= 15 is 0 Å². The van der Waals surface area contributed by atoms with E-state index in [1.807, 2.05) is 0 Å². The maximum Gasteiger partial charge on any atom is 0.329 e. The fourth-order valence-corrected chi connectivity index (χ4v) is 1.99. The molecule has 1 saturated heterocycles. The molecule has 1 aliphatic heterocycles. The first-order valence-corrected chi connectivity index (χ1v) is 5.11. The number of carboxylic acids is 1. The molecule has 6 nitrogen and oxygen atoms in total. The first kappa shape index (κ1) is 9.67. The number of rotatable bonds is 2. The van der Waals surface area contributed by atoms with Crippen molar-refractivity contribution in [3.63, 3.8) is 0 Å². The summed E-state index contributed by atoms with van der Waals surface area (Å²) in [5.41, 5.74) is -0.849. The van der Waals surface area contributed by atoms with Crippen molar-refractivity contribution in [3.8, 4) is 0 Å². The molecular weight excluding hydrogens is 185 g/mol. The van der Waals surface area contributed by atoms with Gasteiger partial charge in [0.15, 0.2) is 0 Å². The van der Waals surface area contributed by atoms with E-state index in [2.05, 4.69) is 5.32 Å². The Hall–Kier alpha value is -0.420. The Labute approximate surface area is 68.8 Å². The van der Waals surface area contributed by atoms with Crippen molar-refractivity contribution >= 4 is 13.6 Å². The highest BCUT2D eigenvalue weighted by atomic mass is 31.2. The molecule has 0 saturated carbocycles. The van der Waals surface area contributed by atoms with Gasteiger partial charge in [0.05, 0.1) is 5.66 Å². The SMILES string of the molecule is O=C(O)[C@H]1C[C@H](P(=O)(O)O)CN1. The van der Waals surface area contributed by atoms with Gasteiger partial charge in [0, 0.05) is 6.54 Å². The third-order valence-corrected chi connectivity index (χ3v) is 3.23. The van der Waals surface area contributed by atoms with E-state index in [0.717, 1.165) is 0 Å². The van der Waals surface area contributed by atoms with E-state index in [-0.39, 0.29) is 13.0 Å². The molecule has 0 aromatic carbocycles. The number of aliphatic carboxylic acids is 1. The minimum Gasteiger partial charge on any atom is -0.480 e. The van der Waals surface area contributed by atoms with E-state index in [4.69, 9.17) is 14.9 Å². The first-order valence-electron chi connectivity index (χ1n) is 3.42. The van der Waals surface area contributed by atoms with Gasteiger partial charge in [-0.1, -0.05) is 0 Å². The Morgan fingerprint density at radius 1 is 1.50 bits per heavy atom. The van der Waals surface area contributed by atoms with Gasteiger partial charge in [-0.25, -0.2) is 0 Å². The summed E-state index contributed by atoms with van der Waals surface area (Å²) >= 11 is 0. The fraction of sp³-hybridized carbons (Fsp3) is 0.800. The normalized spacial score (nSPS) is 30.5. The topological polar surface area (TPSA) is 107 Å². The number of hydrogen-bond acceptors (Lipinski definition) is 3. The van der Waals surface area contributed by atoms with Crippen LogP contribution in [0.3, 0.4) is 0 Å². The highest BCUT2D eigenvalue weighted by molar-refractivity contribution is 7.52. The monoisotopic (exact) mass is 195 g/mol. The second-order valence-electron chi connectivity index (χ2n) is 2.78. The van der Waals surface area contributed by atoms with Crippen molar-refractivity contribution in [2.75, 3.05) is 6.54 Å². The van der Waals surface area contributed by atoms with Gasteiger partial charge in [-0.2, -0.15) is 0 Å². The molecule has 1 aliphatic rings. The lowest BCUT2D eigenvalue weighted by molar-refractivity contribution is -0.139. The number of carboxylic acid groups (broad SMARTS) is 1. The molecule has 0 radical (unpaired) electrons. The van der Waals surface area contributed by atoms with Crippen LogP contribution in [0.5, 0.6) is 0 Å². The summed E-state index contributed by atoms with van der Waals surface area (Å²) in [5, 5.41) is 11.0. The molecule has 0 aromatic rings. The van der Waals surface area contributed by atoms with Gasteiger partial charge in [-0.3, -0.25) is 9.36 Å². The quantitative estimate of drug-likeness (QED) is 0.420. The Kier molecular flexibility index (Phi) is 2.53. The highest BCUT2D eigenvalue weighted by Crippen LogP contribution is 2.44. The molecule has 0 bridgehead atoms. The van der Waals surface area contributed by atoms with Crippen molar-refractivity contribution in [2.24, 2.45) is 0 Å². The molecule has 2 atom stereocenters. The van der Waals surface area contributed by atoms with Crippen LogP contribution in [-0.4, -0.2) is 39.1 Å². The van der Waals surface area contributed by atoms with Crippen molar-refractivity contribution in [3.05, 3.63) is 0 Å². The Morgan fingerprint density at radius 2 is 2.08 bits per heavy atom. The fourth-order valence-electron chi connectivity index (χ4n) is 1.16. The van der Waals surface area contributed by atoms with E-state index in [1.165, 1.54) is 0 Å². The van der Waals surface area contributed by atoms with Crippen LogP contribution in [0, 0.1) is 0 Å². The number of nitrogens with one attached hydrogen (secondary N) is 1. The molecular formula is C5H10NO5P. The van der Waals surface area contributed by atoms with Gasteiger partial charge in [-0.05, 0) is 6.42 Å². The lowest BCUT2D eigenvalue weighted by Crippen LogP contribution is -2.29. The van der Waals surface area contributed by atoms with Gasteiger partial charge in [0.2, 0.25) is 0 Å². The summed E-state index contributed by atoms with van der Waals surface area (Å²) in [6.07, 6.45) is -0.000386. The average Bonchev–Trinajstić information content (AvgIpc) is 2.30. The minimum absolute atomic E-state index is 0.000386. The summed E-state index contributed by atoms with van der Waals surface area (Å²) < 4.78 is 10.7. The zero-order valence-electron chi connectivity index (χ0n) is 6.17. The first-order chi connectivity index (χ1) is 5.41. The predicted molar refractivity (Wildman–Crippen MR) is 39.9 cm³/mol. The maximum absolute atomic E-state index is 10.7. The van der Waals surface area contributed by atoms with Crippen molar-refractivity contribution < 1.29 is 24.3 Å². The number of hydrogen-bond donors (Lipinski definition) is 4. The van der Waals surface area contributed by atoms with Crippen LogP contribution >= 0.6 is 7.60 Å². The Morgan fingerprint density at radius 3 is 2.33 bits per heavy atom. The van der Waals surface area contributed by atoms with Crippen molar-refractivity contribution in [1.82, 2.24) is 5.32 Å². The minimum atomic E-state index is -4.12. The summed E-state index contributed by atoms with van der Waals surface area (Å²) in [6, 6.07) is -0.817. The Bertz CT molecular complexity index is 236. The molecule has 1 fully saturated rings. The maximum atomic E-state index is 10.7. The smallest absolute Gasteiger partial charge is 0.329 e. The molecule has 1 rings (SSSR count). The van der Waals surface area contributed by atoms with Gasteiger partial charge in [-0.15, -0.1) is 0 Å².